The molecule has 152 valence electrons. The third-order valence-electron chi connectivity index (χ3n) is 4.15. The van der Waals surface area contributed by atoms with Gasteiger partial charge in [-0.25, -0.2) is 0 Å². The van der Waals surface area contributed by atoms with E-state index in [9.17, 15) is 4.79 Å². The highest BCUT2D eigenvalue weighted by Gasteiger charge is 2.19. The van der Waals surface area contributed by atoms with Gasteiger partial charge in [0.15, 0.2) is 22.9 Å². The normalized spacial score (nSPS) is 11.9. The third-order valence-corrected chi connectivity index (χ3v) is 5.72. The number of methoxy groups -OCH3 is 1. The van der Waals surface area contributed by atoms with Crippen LogP contribution in [0.5, 0.6) is 11.5 Å². The SMILES string of the molecule is COc1cccc(OC(C)c2nnc(SCC(=O)c3ccc(Cl)cc3Cl)n2C)c1. The third kappa shape index (κ3) is 5.23. The summed E-state index contributed by atoms with van der Waals surface area (Å²) in [7, 11) is 3.44. The number of rotatable bonds is 8. The summed E-state index contributed by atoms with van der Waals surface area (Å²) >= 11 is 13.3. The van der Waals surface area contributed by atoms with E-state index in [0.29, 0.717) is 38.1 Å². The van der Waals surface area contributed by atoms with E-state index < -0.39 is 0 Å². The largest absolute Gasteiger partial charge is 0.497 e. The van der Waals surface area contributed by atoms with Crippen molar-refractivity contribution in [2.75, 3.05) is 12.9 Å². The minimum atomic E-state index is -0.338. The highest BCUT2D eigenvalue weighted by molar-refractivity contribution is 7.99. The number of Topliss-reactive ketones (excluding diaryl/α,β-unsaturated/α-hetero) is 1. The van der Waals surface area contributed by atoms with Crippen LogP contribution in [0, 0.1) is 0 Å². The molecule has 0 spiro atoms. The smallest absolute Gasteiger partial charge is 0.191 e. The van der Waals surface area contributed by atoms with E-state index in [1.165, 1.54) is 11.8 Å². The van der Waals surface area contributed by atoms with Crippen LogP contribution in [0.25, 0.3) is 0 Å². The number of ketones is 1. The zero-order valence-electron chi connectivity index (χ0n) is 16.1. The number of aromatic nitrogens is 3. The lowest BCUT2D eigenvalue weighted by molar-refractivity contribution is 0.102. The molecule has 1 atom stereocenters. The van der Waals surface area contributed by atoms with E-state index in [2.05, 4.69) is 10.2 Å². The van der Waals surface area contributed by atoms with Crippen molar-refractivity contribution >= 4 is 40.7 Å². The molecule has 29 heavy (non-hydrogen) atoms. The molecule has 0 aliphatic heterocycles. The zero-order chi connectivity index (χ0) is 21.0. The van der Waals surface area contributed by atoms with Gasteiger partial charge in [0.2, 0.25) is 0 Å². The lowest BCUT2D eigenvalue weighted by Crippen LogP contribution is -2.10. The Kier molecular flexibility index (Phi) is 7.05. The molecule has 0 bridgehead atoms. The second-order valence-electron chi connectivity index (χ2n) is 6.17. The van der Waals surface area contributed by atoms with Crippen LogP contribution in [0.15, 0.2) is 47.6 Å². The number of thioether (sulfide) groups is 1. The molecular weight excluding hydrogens is 433 g/mol. The molecule has 0 saturated carbocycles. The predicted molar refractivity (Wildman–Crippen MR) is 115 cm³/mol. The number of hydrogen-bond acceptors (Lipinski definition) is 6. The van der Waals surface area contributed by atoms with Crippen molar-refractivity contribution in [2.45, 2.75) is 18.2 Å². The van der Waals surface area contributed by atoms with Gasteiger partial charge in [0.1, 0.15) is 11.5 Å². The van der Waals surface area contributed by atoms with Crippen molar-refractivity contribution in [1.82, 2.24) is 14.8 Å². The monoisotopic (exact) mass is 451 g/mol. The van der Waals surface area contributed by atoms with Gasteiger partial charge in [0, 0.05) is 23.7 Å². The Hall–Kier alpha value is -2.22. The van der Waals surface area contributed by atoms with Crippen LogP contribution < -0.4 is 9.47 Å². The molecule has 0 saturated heterocycles. The van der Waals surface area contributed by atoms with Crippen molar-refractivity contribution in [3.05, 3.63) is 63.9 Å². The maximum Gasteiger partial charge on any atom is 0.191 e. The number of carbonyl (C=O) groups excluding carboxylic acids is 1. The summed E-state index contributed by atoms with van der Waals surface area (Å²) in [5, 5.41) is 9.83. The zero-order valence-corrected chi connectivity index (χ0v) is 18.4. The van der Waals surface area contributed by atoms with E-state index in [1.807, 2.05) is 36.7 Å². The maximum atomic E-state index is 12.5. The second-order valence-corrected chi connectivity index (χ2v) is 7.96. The summed E-state index contributed by atoms with van der Waals surface area (Å²) in [4.78, 5) is 12.5. The Morgan fingerprint density at radius 3 is 2.66 bits per heavy atom. The molecule has 6 nitrogen and oxygen atoms in total. The molecule has 1 unspecified atom stereocenters. The van der Waals surface area contributed by atoms with Gasteiger partial charge >= 0.3 is 0 Å². The summed E-state index contributed by atoms with van der Waals surface area (Å²) in [5.74, 6) is 2.09. The number of carbonyl (C=O) groups is 1. The first-order valence-electron chi connectivity index (χ1n) is 8.70. The van der Waals surface area contributed by atoms with Gasteiger partial charge in [-0.2, -0.15) is 0 Å². The topological polar surface area (TPSA) is 66.2 Å². The Morgan fingerprint density at radius 2 is 1.93 bits per heavy atom. The lowest BCUT2D eigenvalue weighted by Gasteiger charge is -2.14. The van der Waals surface area contributed by atoms with Crippen molar-refractivity contribution < 1.29 is 14.3 Å². The minimum absolute atomic E-state index is 0.109. The summed E-state index contributed by atoms with van der Waals surface area (Å²) in [6.07, 6.45) is -0.338. The molecule has 3 rings (SSSR count). The van der Waals surface area contributed by atoms with Crippen LogP contribution in [-0.4, -0.2) is 33.4 Å². The Balaban J connectivity index is 1.66. The fourth-order valence-electron chi connectivity index (χ4n) is 2.66. The van der Waals surface area contributed by atoms with Crippen molar-refractivity contribution in [3.8, 4) is 11.5 Å². The highest BCUT2D eigenvalue weighted by Crippen LogP contribution is 2.27. The Labute approximate surface area is 183 Å². The van der Waals surface area contributed by atoms with Crippen molar-refractivity contribution in [2.24, 2.45) is 7.05 Å². The molecule has 2 aromatic carbocycles. The molecule has 1 aromatic heterocycles. The molecule has 0 N–H and O–H groups in total. The summed E-state index contributed by atoms with van der Waals surface area (Å²) in [6, 6.07) is 12.2. The first-order valence-corrected chi connectivity index (χ1v) is 10.4. The van der Waals surface area contributed by atoms with E-state index in [0.717, 1.165) is 0 Å². The second kappa shape index (κ2) is 9.52. The van der Waals surface area contributed by atoms with Gasteiger partial charge in [-0.1, -0.05) is 41.0 Å². The number of nitrogens with zero attached hydrogens (tertiary/aromatic N) is 3. The van der Waals surface area contributed by atoms with Gasteiger partial charge in [0.25, 0.3) is 0 Å². The summed E-state index contributed by atoms with van der Waals surface area (Å²) in [6.45, 7) is 1.89. The van der Waals surface area contributed by atoms with Crippen molar-refractivity contribution in [3.63, 3.8) is 0 Å². The molecule has 0 aliphatic carbocycles. The van der Waals surface area contributed by atoms with Gasteiger partial charge in [-0.15, -0.1) is 10.2 Å². The van der Waals surface area contributed by atoms with Crippen LogP contribution in [-0.2, 0) is 7.05 Å². The maximum absolute atomic E-state index is 12.5. The quantitative estimate of drug-likeness (QED) is 0.344. The molecular formula is C20H19Cl2N3O3S. The average molecular weight is 452 g/mol. The number of benzene rings is 2. The molecule has 0 aliphatic rings. The Bertz CT molecular complexity index is 1030. The fraction of sp³-hybridized carbons (Fsp3) is 0.250. The van der Waals surface area contributed by atoms with E-state index >= 15 is 0 Å². The van der Waals surface area contributed by atoms with E-state index in [1.54, 1.807) is 31.4 Å². The first-order chi connectivity index (χ1) is 13.9. The molecule has 0 amide bonds. The Morgan fingerprint density at radius 1 is 1.17 bits per heavy atom. The van der Waals surface area contributed by atoms with Gasteiger partial charge < -0.3 is 14.0 Å². The molecule has 3 aromatic rings. The first kappa shape index (κ1) is 21.5. The number of halogens is 2. The van der Waals surface area contributed by atoms with Gasteiger partial charge in [-0.05, 0) is 37.3 Å². The van der Waals surface area contributed by atoms with Crippen molar-refractivity contribution in [1.29, 1.82) is 0 Å². The van der Waals surface area contributed by atoms with E-state index in [4.69, 9.17) is 32.7 Å². The molecule has 0 fully saturated rings. The summed E-state index contributed by atoms with van der Waals surface area (Å²) < 4.78 is 13.0. The van der Waals surface area contributed by atoms with Crippen LogP contribution in [0.4, 0.5) is 0 Å². The van der Waals surface area contributed by atoms with Gasteiger partial charge in [-0.3, -0.25) is 4.79 Å². The predicted octanol–water partition coefficient (Wildman–Crippen LogP) is 5.25. The summed E-state index contributed by atoms with van der Waals surface area (Å²) in [5.41, 5.74) is 0.431. The molecule has 9 heteroatoms. The fourth-order valence-corrected chi connectivity index (χ4v) is 3.98. The standard InChI is InChI=1S/C20H19Cl2N3O3S/c1-12(28-15-6-4-5-14(10-15)27-3)19-23-24-20(25(19)2)29-11-18(26)16-8-7-13(21)9-17(16)22/h4-10,12H,11H2,1-3H3. The van der Waals surface area contributed by atoms with Crippen LogP contribution in [0.1, 0.15) is 29.2 Å². The van der Waals surface area contributed by atoms with Crippen LogP contribution in [0.2, 0.25) is 10.0 Å². The highest BCUT2D eigenvalue weighted by atomic mass is 35.5. The number of ether oxygens (including phenoxy) is 2. The lowest BCUT2D eigenvalue weighted by atomic mass is 10.1. The number of hydrogen-bond donors (Lipinski definition) is 0. The minimum Gasteiger partial charge on any atom is -0.497 e. The molecule has 1 heterocycles. The van der Waals surface area contributed by atoms with E-state index in [-0.39, 0.29) is 17.6 Å². The van der Waals surface area contributed by atoms with Gasteiger partial charge in [0.05, 0.1) is 17.9 Å². The average Bonchev–Trinajstić information content (AvgIpc) is 3.06. The molecule has 0 radical (unpaired) electrons. The van der Waals surface area contributed by atoms with Crippen LogP contribution >= 0.6 is 35.0 Å². The van der Waals surface area contributed by atoms with Crippen LogP contribution in [0.3, 0.4) is 0 Å².